The molecule has 15 aromatic carbocycles. The summed E-state index contributed by atoms with van der Waals surface area (Å²) in [7, 11) is 0. The van der Waals surface area contributed by atoms with Crippen LogP contribution in [0.15, 0.2) is 413 Å². The summed E-state index contributed by atoms with van der Waals surface area (Å²) in [5.74, 6) is 4.30. The van der Waals surface area contributed by atoms with E-state index in [4.69, 9.17) is 34.9 Å². The standard InChI is InChI=1S/2C38H23N3SSe.C37H22N4SSe/c1-3-12-24(13-4-1)26-16-11-17-27(22-26)30-23-33(40-38(39-30)25-14-5-2-6-15-25)41-31-20-9-7-18-28(31)35-34(41)37-36(42-35)29-19-8-10-21-32(29)43-37;1-3-12-24(13-4-1)26-16-11-17-27(22-26)31-23-30(25-14-5-2-6-15-25)39-38(40-31)41-32-20-9-7-18-28(32)35-34(41)37-36(42-35)29-19-8-10-21-33(29)43-37;1-3-12-23(13-4-1)25-16-11-17-26(22-25)36-38-35(24-14-5-2-6-15-24)39-37(40-36)41-29-20-9-7-18-27(29)32-31(41)34-33(42-32)28-19-8-10-21-30(28)43-34/h2*1-23H;1-22H. The Hall–Kier alpha value is -14.5. The van der Waals surface area contributed by atoms with Crippen LogP contribution in [-0.2, 0) is 0 Å². The molecule has 0 aliphatic heterocycles. The van der Waals surface area contributed by atoms with Gasteiger partial charge in [0, 0.05) is 0 Å². The van der Waals surface area contributed by atoms with Crippen molar-refractivity contribution in [2.75, 3.05) is 0 Å². The van der Waals surface area contributed by atoms with Gasteiger partial charge < -0.3 is 0 Å². The van der Waals surface area contributed by atoms with E-state index in [0.29, 0.717) is 23.5 Å². The minimum absolute atomic E-state index is 0.207. The first-order valence-corrected chi connectivity index (χ1v) is 50.2. The molecule has 606 valence electrons. The Kier molecular flexibility index (Phi) is 19.3. The molecule has 27 aromatic rings. The normalized spacial score (nSPS) is 11.7. The zero-order chi connectivity index (χ0) is 85.0. The molecule has 0 amide bonds. The molecule has 0 fully saturated rings. The molecule has 0 bridgehead atoms. The van der Waals surface area contributed by atoms with Gasteiger partial charge in [0.05, 0.1) is 0 Å². The predicted molar refractivity (Wildman–Crippen MR) is 545 cm³/mol. The Labute approximate surface area is 769 Å². The Bertz CT molecular complexity index is 8190. The fourth-order valence-corrected chi connectivity index (χ4v) is 31.2. The third kappa shape index (κ3) is 13.7. The summed E-state index contributed by atoms with van der Waals surface area (Å²) in [6, 6.07) is 145. The summed E-state index contributed by atoms with van der Waals surface area (Å²) in [6.45, 7) is 0. The van der Waals surface area contributed by atoms with Crippen LogP contribution in [0.4, 0.5) is 0 Å². The van der Waals surface area contributed by atoms with Gasteiger partial charge in [0.2, 0.25) is 0 Å². The molecule has 12 aromatic heterocycles. The van der Waals surface area contributed by atoms with Gasteiger partial charge in [0.15, 0.2) is 0 Å². The summed E-state index contributed by atoms with van der Waals surface area (Å²) in [6.07, 6.45) is 0. The molecule has 0 saturated heterocycles. The van der Waals surface area contributed by atoms with Crippen LogP contribution < -0.4 is 0 Å². The van der Waals surface area contributed by atoms with Crippen LogP contribution in [0.25, 0.3) is 238 Å². The van der Waals surface area contributed by atoms with Gasteiger partial charge in [0.1, 0.15) is 0 Å². The van der Waals surface area contributed by atoms with Gasteiger partial charge in [-0.1, -0.05) is 18.2 Å². The number of fused-ring (bicyclic) bond motifs is 21. The molecule has 0 radical (unpaired) electrons. The molecule has 0 atom stereocenters. The Morgan fingerprint density at radius 1 is 0.186 bits per heavy atom. The average molecular weight is 1900 g/mol. The average Bonchev–Trinajstić information content (AvgIpc) is 1.55. The molecule has 0 unspecified atom stereocenters. The summed E-state index contributed by atoms with van der Waals surface area (Å²) in [5.41, 5.74) is 23.1. The van der Waals surface area contributed by atoms with E-state index in [2.05, 4.69) is 390 Å². The van der Waals surface area contributed by atoms with Crippen molar-refractivity contribution in [3.8, 4) is 119 Å². The van der Waals surface area contributed by atoms with E-state index in [1.807, 2.05) is 70.4 Å². The molecule has 27 rings (SSSR count). The van der Waals surface area contributed by atoms with Crippen molar-refractivity contribution >= 4 is 197 Å². The van der Waals surface area contributed by atoms with Crippen molar-refractivity contribution < 1.29 is 0 Å². The predicted octanol–water partition coefficient (Wildman–Crippen LogP) is 29.4. The van der Waals surface area contributed by atoms with Crippen LogP contribution in [0.5, 0.6) is 0 Å². The van der Waals surface area contributed by atoms with E-state index in [1.54, 1.807) is 0 Å². The van der Waals surface area contributed by atoms with Crippen LogP contribution in [0, 0.1) is 0 Å². The number of hydrogen-bond donors (Lipinski definition) is 0. The molecule has 0 N–H and O–H groups in total. The van der Waals surface area contributed by atoms with Gasteiger partial charge in [-0.2, -0.15) is 0 Å². The molecular formula is C113H68N10S3Se3. The Balaban J connectivity index is 0.000000105. The number of aromatic nitrogens is 10. The summed E-state index contributed by atoms with van der Waals surface area (Å²) < 4.78 is 23.8. The summed E-state index contributed by atoms with van der Waals surface area (Å²) in [4.78, 5) is 36.4. The maximum atomic E-state index is 5.32. The number of rotatable bonds is 12. The van der Waals surface area contributed by atoms with E-state index in [-0.39, 0.29) is 43.5 Å². The third-order valence-corrected chi connectivity index (χ3v) is 36.0. The SMILES string of the molecule is c1ccc(-c2cccc(-c3cc(-c4ccccc4)nc(-n4c5ccccc5c5sc6c7ccccc7[se]c6c54)n3)c2)cc1.c1ccc(-c2cccc(-c3cc(-n4c5ccccc5c5sc6c7ccccc7[se]c6c54)nc(-c4ccccc4)n3)c2)cc1.c1ccc(-c2cccc(-c3nc(-c4ccccc4)nc(-n4c5ccccc5c5sc6c7ccccc7[se]c6c54)n3)c2)cc1. The van der Waals surface area contributed by atoms with E-state index in [0.717, 1.165) is 84.3 Å². The van der Waals surface area contributed by atoms with Crippen LogP contribution in [0.1, 0.15) is 0 Å². The third-order valence-electron chi connectivity index (χ3n) is 24.0. The number of nitrogens with zero attached hydrogens (tertiary/aromatic N) is 10. The fraction of sp³-hybridized carbons (Fsp3) is 0. The molecule has 129 heavy (non-hydrogen) atoms. The molecule has 12 heterocycles. The number of para-hydroxylation sites is 3. The van der Waals surface area contributed by atoms with Crippen molar-refractivity contribution in [3.05, 3.63) is 413 Å². The monoisotopic (exact) mass is 1900 g/mol. The van der Waals surface area contributed by atoms with Gasteiger partial charge in [0.25, 0.3) is 0 Å². The minimum atomic E-state index is 0.207. The quantitative estimate of drug-likeness (QED) is 0.112. The second-order valence-corrected chi connectivity index (χ2v) is 41.4. The van der Waals surface area contributed by atoms with Gasteiger partial charge in [-0.15, -0.1) is 0 Å². The second kappa shape index (κ2) is 32.4. The zero-order valence-corrected chi connectivity index (χ0v) is 76.3. The van der Waals surface area contributed by atoms with Crippen LogP contribution >= 0.6 is 34.0 Å². The van der Waals surface area contributed by atoms with Crippen LogP contribution in [0.3, 0.4) is 0 Å². The van der Waals surface area contributed by atoms with Gasteiger partial charge in [-0.3, -0.25) is 0 Å². The first-order valence-electron chi connectivity index (χ1n) is 42.6. The van der Waals surface area contributed by atoms with Crippen molar-refractivity contribution in [3.63, 3.8) is 0 Å². The van der Waals surface area contributed by atoms with Gasteiger partial charge in [-0.25, -0.2) is 0 Å². The number of hydrogen-bond acceptors (Lipinski definition) is 10. The molecule has 0 spiro atoms. The molecule has 0 aliphatic carbocycles. The maximum absolute atomic E-state index is 5.32. The Morgan fingerprint density at radius 3 is 0.891 bits per heavy atom. The molecule has 0 saturated carbocycles. The van der Waals surface area contributed by atoms with E-state index in [9.17, 15) is 0 Å². The zero-order valence-electron chi connectivity index (χ0n) is 68.7. The molecule has 0 aliphatic rings. The van der Waals surface area contributed by atoms with Crippen molar-refractivity contribution in [1.29, 1.82) is 0 Å². The molecule has 10 nitrogen and oxygen atoms in total. The van der Waals surface area contributed by atoms with Crippen molar-refractivity contribution in [2.45, 2.75) is 0 Å². The van der Waals surface area contributed by atoms with Gasteiger partial charge >= 0.3 is 759 Å². The van der Waals surface area contributed by atoms with E-state index in [1.165, 1.54) is 130 Å². The second-order valence-electron chi connectivity index (χ2n) is 31.8. The van der Waals surface area contributed by atoms with Gasteiger partial charge in [-0.05, 0) is 0 Å². The van der Waals surface area contributed by atoms with Crippen LogP contribution in [-0.4, -0.2) is 92.1 Å². The molecular weight excluding hydrogens is 1830 g/mol. The summed E-state index contributed by atoms with van der Waals surface area (Å²) in [5, 5.41) is 7.91. The van der Waals surface area contributed by atoms with Crippen molar-refractivity contribution in [2.24, 2.45) is 0 Å². The van der Waals surface area contributed by atoms with E-state index >= 15 is 0 Å². The van der Waals surface area contributed by atoms with E-state index < -0.39 is 0 Å². The van der Waals surface area contributed by atoms with Crippen molar-refractivity contribution in [1.82, 2.24) is 48.6 Å². The Morgan fingerprint density at radius 2 is 0.473 bits per heavy atom. The van der Waals surface area contributed by atoms with Crippen LogP contribution in [0.2, 0.25) is 0 Å². The summed E-state index contributed by atoms with van der Waals surface area (Å²) >= 11 is 6.40. The topological polar surface area (TPSA) is 105 Å². The number of thiophene rings is 3. The first-order chi connectivity index (χ1) is 63.9. The molecule has 16 heteroatoms. The fourth-order valence-electron chi connectivity index (χ4n) is 18.0. The first kappa shape index (κ1) is 76.9. The number of benzene rings is 15.